The lowest BCUT2D eigenvalue weighted by atomic mass is 9.89. The van der Waals surface area contributed by atoms with Crippen LogP contribution in [0, 0.1) is 0 Å². The zero-order chi connectivity index (χ0) is 17.8. The quantitative estimate of drug-likeness (QED) is 0.510. The predicted molar refractivity (Wildman–Crippen MR) is 105 cm³/mol. The molecule has 126 valence electrons. The summed E-state index contributed by atoms with van der Waals surface area (Å²) in [5.74, 6) is 0.0101. The van der Waals surface area contributed by atoms with E-state index in [1.54, 1.807) is 0 Å². The molecule has 0 aromatic heterocycles. The van der Waals surface area contributed by atoms with Gasteiger partial charge in [0, 0.05) is 22.4 Å². The molecule has 3 aromatic carbocycles. The number of carbonyl (C=O) groups is 1. The van der Waals surface area contributed by atoms with Crippen LogP contribution in [0.2, 0.25) is 0 Å². The van der Waals surface area contributed by atoms with Gasteiger partial charge in [-0.15, -0.1) is 0 Å². The van der Waals surface area contributed by atoms with Gasteiger partial charge in [-0.3, -0.25) is 4.79 Å². The first-order valence-electron chi connectivity index (χ1n) is 8.76. The molecule has 0 saturated carbocycles. The highest BCUT2D eigenvalue weighted by Gasteiger charge is 2.18. The third-order valence-electron chi connectivity index (χ3n) is 4.65. The number of anilines is 1. The van der Waals surface area contributed by atoms with Gasteiger partial charge in [-0.2, -0.15) is 0 Å². The highest BCUT2D eigenvalue weighted by Crippen LogP contribution is 2.34. The summed E-state index contributed by atoms with van der Waals surface area (Å²) in [4.78, 5) is 13.1. The molecule has 0 atom stereocenters. The van der Waals surface area contributed by atoms with Crippen molar-refractivity contribution >= 4 is 11.5 Å². The lowest BCUT2D eigenvalue weighted by Gasteiger charge is -2.15. The van der Waals surface area contributed by atoms with Crippen molar-refractivity contribution in [3.8, 4) is 11.1 Å². The van der Waals surface area contributed by atoms with E-state index >= 15 is 0 Å². The first-order chi connectivity index (χ1) is 12.2. The summed E-state index contributed by atoms with van der Waals surface area (Å²) in [6, 6.07) is 21.6. The molecule has 2 N–H and O–H groups in total. The van der Waals surface area contributed by atoms with Crippen molar-refractivity contribution < 1.29 is 4.79 Å². The fourth-order valence-corrected chi connectivity index (χ4v) is 3.12. The van der Waals surface area contributed by atoms with Gasteiger partial charge < -0.3 is 5.73 Å². The minimum atomic E-state index is 0.0101. The van der Waals surface area contributed by atoms with Crippen molar-refractivity contribution in [3.05, 3.63) is 89.0 Å². The van der Waals surface area contributed by atoms with Crippen LogP contribution in [0.15, 0.2) is 66.7 Å². The molecule has 0 spiro atoms. The van der Waals surface area contributed by atoms with Gasteiger partial charge >= 0.3 is 0 Å². The van der Waals surface area contributed by atoms with Gasteiger partial charge in [-0.25, -0.2) is 0 Å². The summed E-state index contributed by atoms with van der Waals surface area (Å²) in [7, 11) is 0. The lowest BCUT2D eigenvalue weighted by Crippen LogP contribution is -2.07. The van der Waals surface area contributed by atoms with E-state index < -0.39 is 0 Å². The predicted octanol–water partition coefficient (Wildman–Crippen LogP) is 5.29. The second kappa shape index (κ2) is 7.35. The monoisotopic (exact) mass is 329 g/mol. The molecule has 3 aromatic rings. The minimum absolute atomic E-state index is 0.0101. The van der Waals surface area contributed by atoms with Crippen LogP contribution in [0.4, 0.5) is 5.69 Å². The zero-order valence-corrected chi connectivity index (χ0v) is 14.8. The molecule has 25 heavy (non-hydrogen) atoms. The molecule has 0 fully saturated rings. The third kappa shape index (κ3) is 3.34. The second-order valence-electron chi connectivity index (χ2n) is 6.16. The van der Waals surface area contributed by atoms with Gasteiger partial charge in [0.1, 0.15) is 0 Å². The summed E-state index contributed by atoms with van der Waals surface area (Å²) >= 11 is 0. The van der Waals surface area contributed by atoms with E-state index in [1.807, 2.05) is 66.7 Å². The fourth-order valence-electron chi connectivity index (χ4n) is 3.12. The van der Waals surface area contributed by atoms with E-state index in [9.17, 15) is 4.79 Å². The SMILES string of the molecule is CCc1ccc(C(=O)c2ccc(CC)c(N)c2-c2ccccc2)cc1. The van der Waals surface area contributed by atoms with E-state index in [-0.39, 0.29) is 5.78 Å². The highest BCUT2D eigenvalue weighted by molar-refractivity contribution is 6.14. The number of benzene rings is 3. The summed E-state index contributed by atoms with van der Waals surface area (Å²) in [6.45, 7) is 4.18. The van der Waals surface area contributed by atoms with E-state index in [4.69, 9.17) is 5.73 Å². The summed E-state index contributed by atoms with van der Waals surface area (Å²) in [5.41, 5.74) is 12.6. The average Bonchev–Trinajstić information content (AvgIpc) is 2.68. The Hall–Kier alpha value is -2.87. The van der Waals surface area contributed by atoms with Crippen LogP contribution in [0.5, 0.6) is 0 Å². The van der Waals surface area contributed by atoms with Crippen LogP contribution < -0.4 is 5.73 Å². The van der Waals surface area contributed by atoms with Crippen LogP contribution in [-0.2, 0) is 12.8 Å². The summed E-state index contributed by atoms with van der Waals surface area (Å²) in [5, 5.41) is 0. The van der Waals surface area contributed by atoms with E-state index in [1.165, 1.54) is 5.56 Å². The maximum absolute atomic E-state index is 13.1. The van der Waals surface area contributed by atoms with Gasteiger partial charge in [-0.05, 0) is 35.6 Å². The zero-order valence-electron chi connectivity index (χ0n) is 14.8. The van der Waals surface area contributed by atoms with Crippen LogP contribution in [0.1, 0.15) is 40.9 Å². The number of carbonyl (C=O) groups excluding carboxylic acids is 1. The maximum Gasteiger partial charge on any atom is 0.193 e. The number of nitrogen functional groups attached to an aromatic ring is 1. The molecule has 2 nitrogen and oxygen atoms in total. The van der Waals surface area contributed by atoms with Crippen LogP contribution >= 0.6 is 0 Å². The molecule has 0 aliphatic rings. The second-order valence-corrected chi connectivity index (χ2v) is 6.16. The van der Waals surface area contributed by atoms with Crippen LogP contribution in [-0.4, -0.2) is 5.78 Å². The van der Waals surface area contributed by atoms with Gasteiger partial charge in [0.2, 0.25) is 0 Å². The topological polar surface area (TPSA) is 43.1 Å². The van der Waals surface area contributed by atoms with Crippen LogP contribution in [0.3, 0.4) is 0 Å². The Kier molecular flexibility index (Phi) is 4.99. The van der Waals surface area contributed by atoms with E-state index in [0.717, 1.165) is 29.5 Å². The van der Waals surface area contributed by atoms with Crippen molar-refractivity contribution in [2.45, 2.75) is 26.7 Å². The number of hydrogen-bond donors (Lipinski definition) is 1. The number of ketones is 1. The average molecular weight is 329 g/mol. The lowest BCUT2D eigenvalue weighted by molar-refractivity contribution is 0.103. The van der Waals surface area contributed by atoms with Crippen molar-refractivity contribution in [1.82, 2.24) is 0 Å². The molecule has 0 unspecified atom stereocenters. The Morgan fingerprint density at radius 2 is 1.52 bits per heavy atom. The molecule has 0 radical (unpaired) electrons. The van der Waals surface area contributed by atoms with Crippen molar-refractivity contribution in [3.63, 3.8) is 0 Å². The van der Waals surface area contributed by atoms with Gasteiger partial charge in [0.15, 0.2) is 5.78 Å². The number of aryl methyl sites for hydroxylation is 2. The first-order valence-corrected chi connectivity index (χ1v) is 8.76. The van der Waals surface area contributed by atoms with Crippen LogP contribution in [0.25, 0.3) is 11.1 Å². The molecule has 3 rings (SSSR count). The van der Waals surface area contributed by atoms with Crippen molar-refractivity contribution in [1.29, 1.82) is 0 Å². The molecular formula is C23H23NO. The molecule has 0 aliphatic heterocycles. The Bertz CT molecular complexity index is 880. The molecule has 2 heteroatoms. The van der Waals surface area contributed by atoms with Gasteiger partial charge in [-0.1, -0.05) is 74.5 Å². The first kappa shape index (κ1) is 17.0. The molecule has 0 aliphatic carbocycles. The normalized spacial score (nSPS) is 10.6. The Morgan fingerprint density at radius 1 is 0.840 bits per heavy atom. The number of nitrogens with two attached hydrogens (primary N) is 1. The number of rotatable bonds is 5. The molecule has 0 bridgehead atoms. The van der Waals surface area contributed by atoms with Gasteiger partial charge in [0.05, 0.1) is 0 Å². The molecule has 0 saturated heterocycles. The molecular weight excluding hydrogens is 306 g/mol. The number of hydrogen-bond acceptors (Lipinski definition) is 2. The molecule has 0 heterocycles. The fraction of sp³-hybridized carbons (Fsp3) is 0.174. The van der Waals surface area contributed by atoms with Crippen molar-refractivity contribution in [2.24, 2.45) is 0 Å². The Balaban J connectivity index is 2.15. The highest BCUT2D eigenvalue weighted by atomic mass is 16.1. The van der Waals surface area contributed by atoms with E-state index in [0.29, 0.717) is 16.8 Å². The maximum atomic E-state index is 13.1. The van der Waals surface area contributed by atoms with Crippen molar-refractivity contribution in [2.75, 3.05) is 5.73 Å². The third-order valence-corrected chi connectivity index (χ3v) is 4.65. The summed E-state index contributed by atoms with van der Waals surface area (Å²) < 4.78 is 0. The largest absolute Gasteiger partial charge is 0.398 e. The summed E-state index contributed by atoms with van der Waals surface area (Å²) in [6.07, 6.45) is 1.80. The minimum Gasteiger partial charge on any atom is -0.398 e. The van der Waals surface area contributed by atoms with Gasteiger partial charge in [0.25, 0.3) is 0 Å². The Labute approximate surface area is 149 Å². The molecule has 0 amide bonds. The Morgan fingerprint density at radius 3 is 2.12 bits per heavy atom. The smallest absolute Gasteiger partial charge is 0.193 e. The standard InChI is InChI=1S/C23H23NO/c1-3-16-10-12-19(13-11-16)23(25)20-15-14-17(4-2)22(24)21(20)18-8-6-5-7-9-18/h5-15H,3-4,24H2,1-2H3. The van der Waals surface area contributed by atoms with E-state index in [2.05, 4.69) is 13.8 Å².